The molecule has 0 radical (unpaired) electrons. The van der Waals surface area contributed by atoms with Gasteiger partial charge in [0, 0.05) is 26.2 Å². The lowest BCUT2D eigenvalue weighted by molar-refractivity contribution is 0.105. The highest BCUT2D eigenvalue weighted by Crippen LogP contribution is 2.34. The summed E-state index contributed by atoms with van der Waals surface area (Å²) in [4.78, 5) is 31.3. The number of carbonyl (C=O) groups is 1. The fraction of sp³-hybridized carbons (Fsp3) is 0.875. The summed E-state index contributed by atoms with van der Waals surface area (Å²) in [5, 5.41) is 8.71. The van der Waals surface area contributed by atoms with Crippen molar-refractivity contribution in [3.63, 3.8) is 0 Å². The van der Waals surface area contributed by atoms with Crippen molar-refractivity contribution in [2.24, 2.45) is 0 Å². The average molecular weight is 252 g/mol. The highest BCUT2D eigenvalue weighted by atomic mass is 31.2. The van der Waals surface area contributed by atoms with Crippen molar-refractivity contribution in [1.29, 1.82) is 0 Å². The van der Waals surface area contributed by atoms with Crippen LogP contribution in [0.3, 0.4) is 0 Å². The molecular weight excluding hydrogens is 235 g/mol. The van der Waals surface area contributed by atoms with Gasteiger partial charge in [-0.2, -0.15) is 0 Å². The van der Waals surface area contributed by atoms with E-state index in [4.69, 9.17) is 14.9 Å². The van der Waals surface area contributed by atoms with Crippen molar-refractivity contribution in [3.8, 4) is 0 Å². The van der Waals surface area contributed by atoms with Crippen molar-refractivity contribution in [3.05, 3.63) is 0 Å². The van der Waals surface area contributed by atoms with E-state index in [0.717, 1.165) is 0 Å². The Balaban J connectivity index is 2.18. The molecule has 0 saturated carbocycles. The van der Waals surface area contributed by atoms with Crippen LogP contribution < -0.4 is 0 Å². The molecule has 0 aromatic carbocycles. The molecule has 3 N–H and O–H groups in total. The van der Waals surface area contributed by atoms with Crippen molar-refractivity contribution < 1.29 is 24.3 Å². The minimum Gasteiger partial charge on any atom is -0.465 e. The quantitative estimate of drug-likeness (QED) is 0.601. The minimum atomic E-state index is -3.89. The molecule has 1 aliphatic rings. The van der Waals surface area contributed by atoms with E-state index in [2.05, 4.69) is 0 Å². The second kappa shape index (κ2) is 5.63. The third kappa shape index (κ3) is 4.94. The van der Waals surface area contributed by atoms with Crippen molar-refractivity contribution in [2.45, 2.75) is 6.42 Å². The van der Waals surface area contributed by atoms with E-state index >= 15 is 0 Å². The lowest BCUT2D eigenvalue weighted by atomic mass is 10.3. The number of hydrogen-bond donors (Lipinski definition) is 3. The summed E-state index contributed by atoms with van der Waals surface area (Å²) in [5.74, 6) is 0. The molecule has 0 bridgehead atoms. The summed E-state index contributed by atoms with van der Waals surface area (Å²) >= 11 is 0. The zero-order chi connectivity index (χ0) is 12.2. The Labute approximate surface area is 93.8 Å². The van der Waals surface area contributed by atoms with Crippen molar-refractivity contribution in [1.82, 2.24) is 9.80 Å². The normalized spacial score (nSPS) is 18.8. The van der Waals surface area contributed by atoms with Gasteiger partial charge in [0.1, 0.15) is 0 Å². The molecule has 1 rings (SSSR count). The van der Waals surface area contributed by atoms with Gasteiger partial charge in [-0.25, -0.2) is 4.79 Å². The third-order valence-electron chi connectivity index (χ3n) is 2.57. The Morgan fingerprint density at radius 1 is 1.19 bits per heavy atom. The average Bonchev–Trinajstić information content (AvgIpc) is 2.16. The van der Waals surface area contributed by atoms with Gasteiger partial charge in [0.15, 0.2) is 0 Å². The first-order valence-electron chi connectivity index (χ1n) is 5.13. The summed E-state index contributed by atoms with van der Waals surface area (Å²) in [7, 11) is -3.89. The SMILES string of the molecule is O=C(O)N1CCN(CCCP(=O)(O)O)CC1. The summed E-state index contributed by atoms with van der Waals surface area (Å²) in [6.07, 6.45) is -0.571. The van der Waals surface area contributed by atoms with Gasteiger partial charge in [-0.05, 0) is 13.0 Å². The van der Waals surface area contributed by atoms with Crippen LogP contribution in [0.5, 0.6) is 0 Å². The number of hydrogen-bond acceptors (Lipinski definition) is 3. The Kier molecular flexibility index (Phi) is 4.73. The Morgan fingerprint density at radius 2 is 1.75 bits per heavy atom. The van der Waals surface area contributed by atoms with Crippen LogP contribution >= 0.6 is 7.60 Å². The highest BCUT2D eigenvalue weighted by Gasteiger charge is 2.20. The largest absolute Gasteiger partial charge is 0.465 e. The Morgan fingerprint density at radius 3 is 2.19 bits per heavy atom. The van der Waals surface area contributed by atoms with E-state index in [0.29, 0.717) is 39.1 Å². The smallest absolute Gasteiger partial charge is 0.407 e. The fourth-order valence-electron chi connectivity index (χ4n) is 1.66. The second-order valence-corrected chi connectivity index (χ2v) is 5.63. The zero-order valence-electron chi connectivity index (χ0n) is 8.95. The summed E-state index contributed by atoms with van der Waals surface area (Å²) in [5.41, 5.74) is 0. The molecular formula is C8H17N2O5P. The zero-order valence-corrected chi connectivity index (χ0v) is 9.84. The van der Waals surface area contributed by atoms with Crippen LogP contribution in [-0.4, -0.2) is 69.7 Å². The van der Waals surface area contributed by atoms with Crippen LogP contribution in [0.2, 0.25) is 0 Å². The van der Waals surface area contributed by atoms with Gasteiger partial charge in [0.05, 0.1) is 6.16 Å². The lowest BCUT2D eigenvalue weighted by Gasteiger charge is -2.32. The topological polar surface area (TPSA) is 101 Å². The molecule has 94 valence electrons. The molecule has 0 unspecified atom stereocenters. The van der Waals surface area contributed by atoms with Crippen LogP contribution in [-0.2, 0) is 4.57 Å². The molecule has 0 spiro atoms. The maximum Gasteiger partial charge on any atom is 0.407 e. The number of nitrogens with zero attached hydrogens (tertiary/aromatic N) is 2. The van der Waals surface area contributed by atoms with Gasteiger partial charge in [0.25, 0.3) is 0 Å². The number of carboxylic acid groups (broad SMARTS) is 1. The molecule has 8 heteroatoms. The van der Waals surface area contributed by atoms with E-state index < -0.39 is 13.7 Å². The van der Waals surface area contributed by atoms with Crippen LogP contribution in [0.25, 0.3) is 0 Å². The number of amides is 1. The molecule has 0 aliphatic carbocycles. The third-order valence-corrected chi connectivity index (χ3v) is 3.47. The van der Waals surface area contributed by atoms with E-state index in [-0.39, 0.29) is 6.16 Å². The van der Waals surface area contributed by atoms with Crippen molar-refractivity contribution in [2.75, 3.05) is 38.9 Å². The monoisotopic (exact) mass is 252 g/mol. The van der Waals surface area contributed by atoms with Crippen LogP contribution in [0.4, 0.5) is 4.79 Å². The van der Waals surface area contributed by atoms with Gasteiger partial charge < -0.3 is 19.8 Å². The van der Waals surface area contributed by atoms with Gasteiger partial charge in [-0.1, -0.05) is 0 Å². The first-order chi connectivity index (χ1) is 7.38. The minimum absolute atomic E-state index is 0.105. The first-order valence-corrected chi connectivity index (χ1v) is 6.93. The summed E-state index contributed by atoms with van der Waals surface area (Å²) in [6.45, 7) is 2.80. The van der Waals surface area contributed by atoms with Crippen molar-refractivity contribution >= 4 is 13.7 Å². The molecule has 1 amide bonds. The highest BCUT2D eigenvalue weighted by molar-refractivity contribution is 7.51. The van der Waals surface area contributed by atoms with E-state index in [9.17, 15) is 9.36 Å². The van der Waals surface area contributed by atoms with Crippen LogP contribution in [0.15, 0.2) is 0 Å². The van der Waals surface area contributed by atoms with Gasteiger partial charge >= 0.3 is 13.7 Å². The van der Waals surface area contributed by atoms with Crippen LogP contribution in [0.1, 0.15) is 6.42 Å². The molecule has 16 heavy (non-hydrogen) atoms. The first kappa shape index (κ1) is 13.4. The summed E-state index contributed by atoms with van der Waals surface area (Å²) < 4.78 is 10.6. The maximum absolute atomic E-state index is 10.6. The van der Waals surface area contributed by atoms with Gasteiger partial charge in [0.2, 0.25) is 0 Å². The molecule has 0 aromatic rings. The Bertz CT molecular complexity index is 284. The van der Waals surface area contributed by atoms with Crippen LogP contribution in [0, 0.1) is 0 Å². The van der Waals surface area contributed by atoms with E-state index in [1.807, 2.05) is 4.90 Å². The molecule has 1 saturated heterocycles. The summed E-state index contributed by atoms with van der Waals surface area (Å²) in [6, 6.07) is 0. The molecule has 0 aromatic heterocycles. The molecule has 1 fully saturated rings. The Hall–Kier alpha value is -0.620. The fourth-order valence-corrected chi connectivity index (χ4v) is 2.22. The molecule has 7 nitrogen and oxygen atoms in total. The molecule has 1 aliphatic heterocycles. The molecule has 1 heterocycles. The predicted octanol–water partition coefficient (Wildman–Crippen LogP) is -0.150. The van der Waals surface area contributed by atoms with E-state index in [1.165, 1.54) is 4.90 Å². The van der Waals surface area contributed by atoms with Gasteiger partial charge in [-0.3, -0.25) is 9.46 Å². The standard InChI is InChI=1S/C8H17N2O5P/c11-8(12)10-5-3-9(4-6-10)2-1-7-16(13,14)15/h1-7H2,(H,11,12)(H2,13,14,15). The van der Waals surface area contributed by atoms with Gasteiger partial charge in [-0.15, -0.1) is 0 Å². The number of piperazine rings is 1. The predicted molar refractivity (Wildman–Crippen MR) is 57.6 cm³/mol. The second-order valence-electron chi connectivity index (χ2n) is 3.85. The lowest BCUT2D eigenvalue weighted by Crippen LogP contribution is -2.48. The maximum atomic E-state index is 10.6. The number of rotatable bonds is 4. The molecule has 0 atom stereocenters. The van der Waals surface area contributed by atoms with E-state index in [1.54, 1.807) is 0 Å².